The second-order valence-electron chi connectivity index (χ2n) is 7.50. The molecule has 0 spiro atoms. The summed E-state index contributed by atoms with van der Waals surface area (Å²) in [5.74, 6) is 1.75. The monoisotopic (exact) mass is 430 g/mol. The van der Waals surface area contributed by atoms with Crippen molar-refractivity contribution in [3.05, 3.63) is 92.6 Å². The van der Waals surface area contributed by atoms with E-state index in [0.29, 0.717) is 47.8 Å². The summed E-state index contributed by atoms with van der Waals surface area (Å²) in [6.07, 6.45) is 5.29. The fraction of sp³-hybridized carbons (Fsp3) is 0.182. The zero-order chi connectivity index (χ0) is 22.1. The number of nitrogens with one attached hydrogen (secondary N) is 1. The molecule has 0 bridgehead atoms. The maximum atomic E-state index is 12.7. The summed E-state index contributed by atoms with van der Waals surface area (Å²) in [7, 11) is 0. The van der Waals surface area contributed by atoms with Crippen LogP contribution in [0.15, 0.2) is 64.3 Å². The maximum Gasteiger partial charge on any atom is 0.270 e. The van der Waals surface area contributed by atoms with E-state index in [4.69, 9.17) is 4.42 Å². The number of nitro benzene ring substituents is 1. The third kappa shape index (κ3) is 3.91. The third-order valence-electron chi connectivity index (χ3n) is 5.36. The van der Waals surface area contributed by atoms with E-state index < -0.39 is 4.92 Å². The number of nitro groups is 1. The van der Waals surface area contributed by atoms with Crippen LogP contribution >= 0.6 is 0 Å². The Morgan fingerprint density at radius 1 is 1.16 bits per heavy atom. The van der Waals surface area contributed by atoms with Gasteiger partial charge in [0, 0.05) is 49.6 Å². The zero-order valence-electron chi connectivity index (χ0n) is 16.9. The number of fused-ring (bicyclic) bond motifs is 1. The van der Waals surface area contributed by atoms with Gasteiger partial charge in [0.15, 0.2) is 0 Å². The van der Waals surface area contributed by atoms with Crippen LogP contribution in [0.1, 0.15) is 17.0 Å². The molecule has 0 unspecified atom stereocenters. The van der Waals surface area contributed by atoms with Gasteiger partial charge >= 0.3 is 0 Å². The first-order valence-electron chi connectivity index (χ1n) is 10.00. The van der Waals surface area contributed by atoms with Crippen LogP contribution in [0.3, 0.4) is 0 Å². The highest BCUT2D eigenvalue weighted by Crippen LogP contribution is 2.27. The Balaban J connectivity index is 1.33. The van der Waals surface area contributed by atoms with Crippen LogP contribution in [0.2, 0.25) is 0 Å². The molecule has 160 valence electrons. The van der Waals surface area contributed by atoms with Crippen molar-refractivity contribution >= 4 is 5.69 Å². The van der Waals surface area contributed by atoms with E-state index in [1.165, 1.54) is 18.5 Å². The van der Waals surface area contributed by atoms with Gasteiger partial charge in [0.05, 0.1) is 28.3 Å². The van der Waals surface area contributed by atoms with E-state index >= 15 is 0 Å². The molecule has 0 aliphatic carbocycles. The average Bonchev–Trinajstić information content (AvgIpc) is 3.28. The second-order valence-corrected chi connectivity index (χ2v) is 7.50. The topological polar surface area (TPSA) is 131 Å². The van der Waals surface area contributed by atoms with Crippen molar-refractivity contribution in [2.75, 3.05) is 6.54 Å². The van der Waals surface area contributed by atoms with Gasteiger partial charge in [-0.3, -0.25) is 19.8 Å². The van der Waals surface area contributed by atoms with Gasteiger partial charge < -0.3 is 9.40 Å². The van der Waals surface area contributed by atoms with Crippen molar-refractivity contribution in [1.29, 1.82) is 0 Å². The van der Waals surface area contributed by atoms with E-state index in [1.54, 1.807) is 30.6 Å². The lowest BCUT2D eigenvalue weighted by Crippen LogP contribution is -2.35. The average molecular weight is 430 g/mol. The molecule has 0 amide bonds. The minimum Gasteiger partial charge on any atom is -0.460 e. The Bertz CT molecular complexity index is 1350. The number of hydrogen-bond acceptors (Lipinski definition) is 8. The highest BCUT2D eigenvalue weighted by molar-refractivity contribution is 5.61. The molecule has 32 heavy (non-hydrogen) atoms. The van der Waals surface area contributed by atoms with Gasteiger partial charge in [-0.1, -0.05) is 12.1 Å². The minimum absolute atomic E-state index is 0.0150. The summed E-state index contributed by atoms with van der Waals surface area (Å²) in [5.41, 5.74) is 2.58. The van der Waals surface area contributed by atoms with Crippen LogP contribution in [0.25, 0.3) is 22.7 Å². The Morgan fingerprint density at radius 2 is 2.00 bits per heavy atom. The summed E-state index contributed by atoms with van der Waals surface area (Å²) in [6.45, 7) is 1.69. The van der Waals surface area contributed by atoms with Crippen LogP contribution < -0.4 is 5.56 Å². The normalized spacial score (nSPS) is 13.6. The quantitative estimate of drug-likeness (QED) is 0.378. The molecule has 0 atom stereocenters. The van der Waals surface area contributed by atoms with Gasteiger partial charge in [-0.25, -0.2) is 15.0 Å². The standard InChI is InChI=1S/C22H18N6O4/c29-22-18-12-27(7-6-19(18)25-21(26-22)15-9-23-13-24-10-15)11-17-4-5-20(32-17)14-2-1-3-16(8-14)28(30)31/h1-5,8-10,13H,6-7,11-12H2,(H,25,26,29). The number of H-pyrrole nitrogens is 1. The highest BCUT2D eigenvalue weighted by atomic mass is 16.6. The van der Waals surface area contributed by atoms with E-state index in [9.17, 15) is 14.9 Å². The number of aromatic nitrogens is 4. The molecule has 5 rings (SSSR count). The molecule has 1 aliphatic heterocycles. The van der Waals surface area contributed by atoms with Crippen molar-refractivity contribution in [1.82, 2.24) is 24.8 Å². The fourth-order valence-electron chi connectivity index (χ4n) is 3.79. The molecule has 10 nitrogen and oxygen atoms in total. The summed E-state index contributed by atoms with van der Waals surface area (Å²) >= 11 is 0. The summed E-state index contributed by atoms with van der Waals surface area (Å²) in [5, 5.41) is 11.0. The predicted octanol–water partition coefficient (Wildman–Crippen LogP) is 2.95. The Kier molecular flexibility index (Phi) is 5.04. The Labute approximate surface area is 181 Å². The molecule has 0 saturated carbocycles. The van der Waals surface area contributed by atoms with E-state index in [1.807, 2.05) is 6.07 Å². The van der Waals surface area contributed by atoms with Crippen LogP contribution in [-0.4, -0.2) is 36.3 Å². The molecule has 1 aliphatic rings. The minimum atomic E-state index is -0.430. The maximum absolute atomic E-state index is 12.7. The molecule has 0 saturated heterocycles. The van der Waals surface area contributed by atoms with Crippen molar-refractivity contribution in [3.63, 3.8) is 0 Å². The Hall–Kier alpha value is -4.18. The van der Waals surface area contributed by atoms with Gasteiger partial charge in [0.2, 0.25) is 0 Å². The molecular weight excluding hydrogens is 412 g/mol. The molecule has 0 fully saturated rings. The van der Waals surface area contributed by atoms with Crippen molar-refractivity contribution < 1.29 is 9.34 Å². The summed E-state index contributed by atoms with van der Waals surface area (Å²) < 4.78 is 5.92. The lowest BCUT2D eigenvalue weighted by molar-refractivity contribution is -0.384. The van der Waals surface area contributed by atoms with Crippen molar-refractivity contribution in [2.24, 2.45) is 0 Å². The van der Waals surface area contributed by atoms with Gasteiger partial charge in [0.1, 0.15) is 23.7 Å². The molecular formula is C22H18N6O4. The predicted molar refractivity (Wildman–Crippen MR) is 115 cm³/mol. The SMILES string of the molecule is O=c1[nH]c(-c2cncnc2)nc2c1CN(Cc1ccc(-c3cccc([N+](=O)[O-])c3)o1)CC2. The van der Waals surface area contributed by atoms with E-state index in [-0.39, 0.29) is 11.2 Å². The van der Waals surface area contributed by atoms with Gasteiger partial charge in [-0.2, -0.15) is 0 Å². The highest BCUT2D eigenvalue weighted by Gasteiger charge is 2.22. The molecule has 0 radical (unpaired) electrons. The molecule has 1 aromatic carbocycles. The first kappa shape index (κ1) is 19.8. The van der Waals surface area contributed by atoms with Gasteiger partial charge in [0.25, 0.3) is 11.2 Å². The van der Waals surface area contributed by atoms with Crippen LogP contribution in [-0.2, 0) is 19.5 Å². The van der Waals surface area contributed by atoms with Crippen LogP contribution in [0, 0.1) is 10.1 Å². The molecule has 1 N–H and O–H groups in total. The molecule has 3 aromatic heterocycles. The second kappa shape index (κ2) is 8.16. The smallest absolute Gasteiger partial charge is 0.270 e. The number of furan rings is 1. The molecule has 10 heteroatoms. The summed E-state index contributed by atoms with van der Waals surface area (Å²) in [4.78, 5) is 40.8. The molecule has 4 aromatic rings. The number of hydrogen-bond donors (Lipinski definition) is 1. The van der Waals surface area contributed by atoms with Crippen molar-refractivity contribution in [2.45, 2.75) is 19.5 Å². The Morgan fingerprint density at radius 3 is 2.81 bits per heavy atom. The summed E-state index contributed by atoms with van der Waals surface area (Å²) in [6, 6.07) is 9.99. The number of aromatic amines is 1. The number of nitrogens with zero attached hydrogens (tertiary/aromatic N) is 5. The largest absolute Gasteiger partial charge is 0.460 e. The first-order chi connectivity index (χ1) is 15.6. The lowest BCUT2D eigenvalue weighted by atomic mass is 10.1. The van der Waals surface area contributed by atoms with Crippen LogP contribution in [0.5, 0.6) is 0 Å². The number of rotatable bonds is 5. The molecule has 4 heterocycles. The fourth-order valence-corrected chi connectivity index (χ4v) is 3.79. The van der Waals surface area contributed by atoms with E-state index in [2.05, 4.69) is 24.8 Å². The number of non-ortho nitro benzene ring substituents is 1. The van der Waals surface area contributed by atoms with Crippen molar-refractivity contribution in [3.8, 4) is 22.7 Å². The van der Waals surface area contributed by atoms with Gasteiger partial charge in [-0.15, -0.1) is 0 Å². The number of benzene rings is 1. The zero-order valence-corrected chi connectivity index (χ0v) is 16.9. The van der Waals surface area contributed by atoms with Crippen LogP contribution in [0.4, 0.5) is 5.69 Å². The first-order valence-corrected chi connectivity index (χ1v) is 10.00. The van der Waals surface area contributed by atoms with Gasteiger partial charge in [-0.05, 0) is 12.1 Å². The lowest BCUT2D eigenvalue weighted by Gasteiger charge is -2.26. The van der Waals surface area contributed by atoms with E-state index in [0.717, 1.165) is 18.0 Å². The third-order valence-corrected chi connectivity index (χ3v) is 5.36.